The molecule has 2 aromatic carbocycles. The Kier molecular flexibility index (Phi) is 5.78. The van der Waals surface area contributed by atoms with Gasteiger partial charge in [0.05, 0.1) is 17.8 Å². The fourth-order valence-corrected chi connectivity index (χ4v) is 1.99. The molecule has 0 unspecified atom stereocenters. The van der Waals surface area contributed by atoms with E-state index in [0.29, 0.717) is 17.1 Å². The van der Waals surface area contributed by atoms with Crippen molar-refractivity contribution in [2.45, 2.75) is 26.7 Å². The fraction of sp³-hybridized carbons (Fsp3) is 0.222. The first-order chi connectivity index (χ1) is 11.4. The Bertz CT molecular complexity index is 768. The number of hydrogen-bond donors (Lipinski definition) is 2. The molecule has 0 aliphatic carbocycles. The van der Waals surface area contributed by atoms with Crippen LogP contribution in [0.5, 0.6) is 0 Å². The van der Waals surface area contributed by atoms with Crippen LogP contribution in [0.1, 0.15) is 24.0 Å². The molecule has 0 atom stereocenters. The molecule has 2 rings (SSSR count). The molecule has 0 saturated carbocycles. The van der Waals surface area contributed by atoms with Crippen LogP contribution in [0.3, 0.4) is 0 Å². The molecule has 24 heavy (non-hydrogen) atoms. The smallest absolute Gasteiger partial charge is 0.303 e. The molecule has 1 amide bonds. The van der Waals surface area contributed by atoms with E-state index in [1.807, 2.05) is 50.2 Å². The SMILES string of the molecule is Cc1ccc(N=Nc2cc(C)ccc2NC(=O)CCC(=O)O)cc1. The van der Waals surface area contributed by atoms with Crippen LogP contribution in [0.4, 0.5) is 17.1 Å². The van der Waals surface area contributed by atoms with Gasteiger partial charge in [-0.25, -0.2) is 0 Å². The number of rotatable bonds is 6. The average Bonchev–Trinajstić information content (AvgIpc) is 2.54. The third kappa shape index (κ3) is 5.31. The van der Waals surface area contributed by atoms with Crippen LogP contribution in [0.25, 0.3) is 0 Å². The highest BCUT2D eigenvalue weighted by Gasteiger charge is 2.09. The molecule has 0 aliphatic heterocycles. The Hall–Kier alpha value is -3.02. The lowest BCUT2D eigenvalue weighted by Gasteiger charge is -2.08. The van der Waals surface area contributed by atoms with Crippen molar-refractivity contribution in [3.63, 3.8) is 0 Å². The maximum Gasteiger partial charge on any atom is 0.303 e. The Morgan fingerprint density at radius 2 is 1.62 bits per heavy atom. The van der Waals surface area contributed by atoms with Gasteiger partial charge in [0.2, 0.25) is 5.91 Å². The maximum atomic E-state index is 11.8. The van der Waals surface area contributed by atoms with Crippen molar-refractivity contribution >= 4 is 28.9 Å². The third-order valence-corrected chi connectivity index (χ3v) is 3.30. The summed E-state index contributed by atoms with van der Waals surface area (Å²) in [6.07, 6.45) is -0.296. The van der Waals surface area contributed by atoms with Crippen molar-refractivity contribution in [1.82, 2.24) is 0 Å². The fourth-order valence-electron chi connectivity index (χ4n) is 1.99. The molecular formula is C18H19N3O3. The number of nitrogens with zero attached hydrogens (tertiary/aromatic N) is 2. The number of carboxylic acids is 1. The Morgan fingerprint density at radius 3 is 2.29 bits per heavy atom. The van der Waals surface area contributed by atoms with Gasteiger partial charge in [-0.1, -0.05) is 23.8 Å². The summed E-state index contributed by atoms with van der Waals surface area (Å²) in [5.41, 5.74) is 3.86. The Morgan fingerprint density at radius 1 is 0.958 bits per heavy atom. The number of aliphatic carboxylic acids is 1. The molecule has 6 nitrogen and oxygen atoms in total. The largest absolute Gasteiger partial charge is 0.481 e. The molecule has 2 N–H and O–H groups in total. The van der Waals surface area contributed by atoms with E-state index in [0.717, 1.165) is 11.1 Å². The minimum absolute atomic E-state index is 0.0856. The molecule has 2 aromatic rings. The van der Waals surface area contributed by atoms with E-state index in [4.69, 9.17) is 5.11 Å². The van der Waals surface area contributed by atoms with Crippen LogP contribution < -0.4 is 5.32 Å². The number of carboxylic acid groups (broad SMARTS) is 1. The molecule has 0 spiro atoms. The highest BCUT2D eigenvalue weighted by atomic mass is 16.4. The van der Waals surface area contributed by atoms with Crippen LogP contribution in [0.2, 0.25) is 0 Å². The minimum Gasteiger partial charge on any atom is -0.481 e. The normalized spacial score (nSPS) is 10.8. The lowest BCUT2D eigenvalue weighted by atomic mass is 10.2. The Balaban J connectivity index is 2.16. The Labute approximate surface area is 140 Å². The van der Waals surface area contributed by atoms with E-state index < -0.39 is 5.97 Å². The summed E-state index contributed by atoms with van der Waals surface area (Å²) < 4.78 is 0. The van der Waals surface area contributed by atoms with Gasteiger partial charge in [0, 0.05) is 6.42 Å². The van der Waals surface area contributed by atoms with E-state index in [1.54, 1.807) is 6.07 Å². The molecule has 0 heterocycles. The van der Waals surface area contributed by atoms with Crippen LogP contribution >= 0.6 is 0 Å². The van der Waals surface area contributed by atoms with E-state index >= 15 is 0 Å². The maximum absolute atomic E-state index is 11.8. The van der Waals surface area contributed by atoms with Crippen LogP contribution in [0, 0.1) is 13.8 Å². The van der Waals surface area contributed by atoms with Crippen molar-refractivity contribution in [3.05, 3.63) is 53.6 Å². The van der Waals surface area contributed by atoms with E-state index in [1.165, 1.54) is 0 Å². The first kappa shape index (κ1) is 17.3. The first-order valence-electron chi connectivity index (χ1n) is 7.55. The zero-order chi connectivity index (χ0) is 17.5. The number of benzene rings is 2. The molecule has 0 saturated heterocycles. The van der Waals surface area contributed by atoms with Gasteiger partial charge >= 0.3 is 5.97 Å². The predicted molar refractivity (Wildman–Crippen MR) is 92.0 cm³/mol. The molecular weight excluding hydrogens is 306 g/mol. The van der Waals surface area contributed by atoms with Gasteiger partial charge in [0.15, 0.2) is 0 Å². The van der Waals surface area contributed by atoms with Gasteiger partial charge in [-0.15, -0.1) is 5.11 Å². The summed E-state index contributed by atoms with van der Waals surface area (Å²) in [6, 6.07) is 13.0. The first-order valence-corrected chi connectivity index (χ1v) is 7.55. The van der Waals surface area contributed by atoms with Gasteiger partial charge in [-0.2, -0.15) is 5.11 Å². The van der Waals surface area contributed by atoms with Gasteiger partial charge in [0.1, 0.15) is 5.69 Å². The number of carbonyl (C=O) groups excluding carboxylic acids is 1. The summed E-state index contributed by atoms with van der Waals surface area (Å²) >= 11 is 0. The summed E-state index contributed by atoms with van der Waals surface area (Å²) in [5.74, 6) is -1.37. The van der Waals surface area contributed by atoms with Crippen molar-refractivity contribution < 1.29 is 14.7 Å². The second kappa shape index (κ2) is 8.01. The van der Waals surface area contributed by atoms with Crippen LogP contribution in [0.15, 0.2) is 52.7 Å². The van der Waals surface area contributed by atoms with Gasteiger partial charge in [-0.3, -0.25) is 9.59 Å². The number of nitrogens with one attached hydrogen (secondary N) is 1. The monoisotopic (exact) mass is 325 g/mol. The highest BCUT2D eigenvalue weighted by Crippen LogP contribution is 2.28. The quantitative estimate of drug-likeness (QED) is 0.765. The van der Waals surface area contributed by atoms with Crippen LogP contribution in [-0.2, 0) is 9.59 Å². The van der Waals surface area contributed by atoms with E-state index in [2.05, 4.69) is 15.5 Å². The second-order valence-corrected chi connectivity index (χ2v) is 5.50. The summed E-state index contributed by atoms with van der Waals surface area (Å²) in [4.78, 5) is 22.4. The molecule has 0 aliphatic rings. The lowest BCUT2D eigenvalue weighted by Crippen LogP contribution is -2.13. The van der Waals surface area contributed by atoms with E-state index in [-0.39, 0.29) is 18.7 Å². The average molecular weight is 325 g/mol. The highest BCUT2D eigenvalue weighted by molar-refractivity contribution is 5.95. The molecule has 124 valence electrons. The van der Waals surface area contributed by atoms with Crippen molar-refractivity contribution in [1.29, 1.82) is 0 Å². The van der Waals surface area contributed by atoms with Crippen molar-refractivity contribution in [3.8, 4) is 0 Å². The molecule has 0 fully saturated rings. The van der Waals surface area contributed by atoms with Gasteiger partial charge in [-0.05, 0) is 43.7 Å². The molecule has 0 bridgehead atoms. The second-order valence-electron chi connectivity index (χ2n) is 5.50. The summed E-state index contributed by atoms with van der Waals surface area (Å²) in [5, 5.41) is 19.7. The van der Waals surface area contributed by atoms with Crippen molar-refractivity contribution in [2.75, 3.05) is 5.32 Å². The zero-order valence-corrected chi connectivity index (χ0v) is 13.6. The summed E-state index contributed by atoms with van der Waals surface area (Å²) in [6.45, 7) is 3.91. The third-order valence-electron chi connectivity index (χ3n) is 3.30. The number of hydrogen-bond acceptors (Lipinski definition) is 4. The number of carbonyl (C=O) groups is 2. The lowest BCUT2D eigenvalue weighted by molar-refractivity contribution is -0.138. The van der Waals surface area contributed by atoms with Gasteiger partial charge in [0.25, 0.3) is 0 Å². The number of aryl methyl sites for hydroxylation is 2. The van der Waals surface area contributed by atoms with Gasteiger partial charge < -0.3 is 10.4 Å². The molecule has 6 heteroatoms. The molecule has 0 aromatic heterocycles. The summed E-state index contributed by atoms with van der Waals surface area (Å²) in [7, 11) is 0. The predicted octanol–water partition coefficient (Wildman–Crippen LogP) is 4.52. The number of anilines is 1. The topological polar surface area (TPSA) is 91.1 Å². The standard InChI is InChI=1S/C18H19N3O3/c1-12-3-6-14(7-4-12)20-21-16-11-13(2)5-8-15(16)19-17(22)9-10-18(23)24/h3-8,11H,9-10H2,1-2H3,(H,19,22)(H,23,24). The van der Waals surface area contributed by atoms with Crippen LogP contribution in [-0.4, -0.2) is 17.0 Å². The van der Waals surface area contributed by atoms with Crippen molar-refractivity contribution in [2.24, 2.45) is 10.2 Å². The number of azo groups is 1. The van der Waals surface area contributed by atoms with E-state index in [9.17, 15) is 9.59 Å². The zero-order valence-electron chi connectivity index (χ0n) is 13.6. The minimum atomic E-state index is -1.01. The molecule has 0 radical (unpaired) electrons. The number of amides is 1.